The number of hydrogen-bond donors (Lipinski definition) is 1. The molecule has 0 aliphatic heterocycles. The van der Waals surface area contributed by atoms with E-state index in [1.807, 2.05) is 18.2 Å². The molecule has 0 heterocycles. The molecule has 1 N–H and O–H groups in total. The van der Waals surface area contributed by atoms with Gasteiger partial charge in [0.1, 0.15) is 11.7 Å². The number of ether oxygens (including phenoxy) is 1. The Bertz CT molecular complexity index is 804. The van der Waals surface area contributed by atoms with Gasteiger partial charge in [-0.1, -0.05) is 43.0 Å². The topological polar surface area (TPSA) is 63.6 Å². The lowest BCUT2D eigenvalue weighted by Gasteiger charge is -2.13. The smallest absolute Gasteiger partial charge is 0.338 e. The molecule has 2 aromatic carbocycles. The van der Waals surface area contributed by atoms with Crippen molar-refractivity contribution in [3.05, 3.63) is 65.7 Å². The maximum atomic E-state index is 11.8. The third kappa shape index (κ3) is 2.09. The molecular formula is C18H14O4. The molecule has 0 fully saturated rings. The molecule has 0 bridgehead atoms. The van der Waals surface area contributed by atoms with Gasteiger partial charge in [-0.2, -0.15) is 0 Å². The zero-order chi connectivity index (χ0) is 15.9. The van der Waals surface area contributed by atoms with Crippen LogP contribution in [0, 0.1) is 0 Å². The number of carbonyl (C=O) groups excluding carboxylic acids is 1. The van der Waals surface area contributed by atoms with Gasteiger partial charge in [0.25, 0.3) is 0 Å². The second-order valence-electron chi connectivity index (χ2n) is 5.25. The van der Waals surface area contributed by atoms with E-state index in [9.17, 15) is 14.7 Å². The van der Waals surface area contributed by atoms with Gasteiger partial charge in [-0.25, -0.2) is 4.79 Å². The predicted octanol–water partition coefficient (Wildman–Crippen LogP) is 3.37. The Morgan fingerprint density at radius 3 is 2.45 bits per heavy atom. The first-order valence-electron chi connectivity index (χ1n) is 6.83. The third-order valence-corrected chi connectivity index (χ3v) is 3.71. The van der Waals surface area contributed by atoms with Crippen molar-refractivity contribution in [1.29, 1.82) is 0 Å². The molecule has 1 unspecified atom stereocenters. The first-order chi connectivity index (χ1) is 10.5. The normalized spacial score (nSPS) is 14.9. The van der Waals surface area contributed by atoms with E-state index in [2.05, 4.69) is 6.58 Å². The molecule has 0 amide bonds. The van der Waals surface area contributed by atoms with Crippen LogP contribution in [0.1, 0.15) is 24.0 Å². The lowest BCUT2D eigenvalue weighted by atomic mass is 9.96. The number of carboxylic acid groups (broad SMARTS) is 1. The number of carbonyl (C=O) groups is 2. The fourth-order valence-electron chi connectivity index (χ4n) is 2.76. The van der Waals surface area contributed by atoms with Crippen molar-refractivity contribution in [3.63, 3.8) is 0 Å². The quantitative estimate of drug-likeness (QED) is 0.535. The van der Waals surface area contributed by atoms with E-state index in [0.29, 0.717) is 11.1 Å². The summed E-state index contributed by atoms with van der Waals surface area (Å²) in [6, 6.07) is 12.5. The molecule has 3 rings (SSSR count). The van der Waals surface area contributed by atoms with Crippen molar-refractivity contribution in [1.82, 2.24) is 0 Å². The average Bonchev–Trinajstić information content (AvgIpc) is 2.83. The van der Waals surface area contributed by atoms with Crippen LogP contribution in [0.5, 0.6) is 5.75 Å². The zero-order valence-electron chi connectivity index (χ0n) is 12.0. The van der Waals surface area contributed by atoms with Gasteiger partial charge in [-0.05, 0) is 29.7 Å². The maximum Gasteiger partial charge on any atom is 0.338 e. The molecule has 22 heavy (non-hydrogen) atoms. The monoisotopic (exact) mass is 294 g/mol. The molecule has 1 atom stereocenters. The highest BCUT2D eigenvalue weighted by Crippen LogP contribution is 2.48. The van der Waals surface area contributed by atoms with E-state index in [0.717, 1.165) is 11.1 Å². The van der Waals surface area contributed by atoms with E-state index in [4.69, 9.17) is 4.74 Å². The first kappa shape index (κ1) is 14.1. The number of benzene rings is 2. The Kier molecular flexibility index (Phi) is 3.29. The number of carboxylic acids is 1. The van der Waals surface area contributed by atoms with Gasteiger partial charge < -0.3 is 9.84 Å². The summed E-state index contributed by atoms with van der Waals surface area (Å²) in [5, 5.41) is 9.62. The molecular weight excluding hydrogens is 280 g/mol. The van der Waals surface area contributed by atoms with E-state index in [1.54, 1.807) is 31.2 Å². The zero-order valence-corrected chi connectivity index (χ0v) is 12.0. The number of fused-ring (bicyclic) bond motifs is 3. The van der Waals surface area contributed by atoms with Gasteiger partial charge in [0, 0.05) is 11.1 Å². The number of esters is 1. The second-order valence-corrected chi connectivity index (χ2v) is 5.25. The highest BCUT2D eigenvalue weighted by atomic mass is 16.5. The van der Waals surface area contributed by atoms with Crippen molar-refractivity contribution in [2.45, 2.75) is 12.8 Å². The molecule has 0 radical (unpaired) electrons. The van der Waals surface area contributed by atoms with Gasteiger partial charge in [0.15, 0.2) is 0 Å². The summed E-state index contributed by atoms with van der Waals surface area (Å²) in [4.78, 5) is 23.5. The van der Waals surface area contributed by atoms with Crippen molar-refractivity contribution in [2.24, 2.45) is 0 Å². The predicted molar refractivity (Wildman–Crippen MR) is 81.8 cm³/mol. The molecule has 0 aromatic heterocycles. The van der Waals surface area contributed by atoms with E-state index < -0.39 is 17.9 Å². The van der Waals surface area contributed by atoms with Crippen LogP contribution in [0.25, 0.3) is 11.1 Å². The summed E-state index contributed by atoms with van der Waals surface area (Å²) in [5.41, 5.74) is 3.14. The van der Waals surface area contributed by atoms with Gasteiger partial charge in [0.2, 0.25) is 0 Å². The lowest BCUT2D eigenvalue weighted by molar-refractivity contribution is -0.138. The Morgan fingerprint density at radius 1 is 1.09 bits per heavy atom. The summed E-state index contributed by atoms with van der Waals surface area (Å²) in [6.07, 6.45) is 0. The number of hydrogen-bond acceptors (Lipinski definition) is 3. The first-order valence-corrected chi connectivity index (χ1v) is 6.83. The van der Waals surface area contributed by atoms with Crippen LogP contribution in [-0.2, 0) is 9.59 Å². The van der Waals surface area contributed by atoms with E-state index in [1.165, 1.54) is 0 Å². The van der Waals surface area contributed by atoms with Crippen molar-refractivity contribution >= 4 is 11.9 Å². The van der Waals surface area contributed by atoms with Crippen LogP contribution in [-0.4, -0.2) is 17.0 Å². The van der Waals surface area contributed by atoms with Crippen LogP contribution >= 0.6 is 0 Å². The van der Waals surface area contributed by atoms with Gasteiger partial charge in [-0.15, -0.1) is 0 Å². The number of aliphatic carboxylic acids is 1. The second kappa shape index (κ2) is 5.15. The molecule has 1 aliphatic carbocycles. The summed E-state index contributed by atoms with van der Waals surface area (Å²) < 4.78 is 5.33. The van der Waals surface area contributed by atoms with Crippen LogP contribution in [0.3, 0.4) is 0 Å². The van der Waals surface area contributed by atoms with Gasteiger partial charge in [-0.3, -0.25) is 4.79 Å². The summed E-state index contributed by atoms with van der Waals surface area (Å²) in [6.45, 7) is 5.10. The molecule has 4 heteroatoms. The maximum absolute atomic E-state index is 11.8. The lowest BCUT2D eigenvalue weighted by Crippen LogP contribution is -2.14. The highest BCUT2D eigenvalue weighted by molar-refractivity contribution is 5.95. The minimum absolute atomic E-state index is 0.264. The average molecular weight is 294 g/mol. The van der Waals surface area contributed by atoms with E-state index >= 15 is 0 Å². The molecule has 110 valence electrons. The molecule has 1 aliphatic rings. The molecule has 4 nitrogen and oxygen atoms in total. The van der Waals surface area contributed by atoms with Crippen LogP contribution < -0.4 is 4.74 Å². The third-order valence-electron chi connectivity index (χ3n) is 3.71. The van der Waals surface area contributed by atoms with Gasteiger partial charge in [0.05, 0.1) is 0 Å². The van der Waals surface area contributed by atoms with Crippen LogP contribution in [0.15, 0.2) is 54.6 Å². The van der Waals surface area contributed by atoms with Crippen LogP contribution in [0.2, 0.25) is 0 Å². The molecule has 0 spiro atoms. The standard InChI is InChI=1S/C18H14O4/c1-10(2)18(21)22-14-9-5-8-12-11-6-3-4-7-13(11)16(15(12)14)17(19)20/h3-9,16H,1H2,2H3,(H,19,20). The largest absolute Gasteiger partial charge is 0.481 e. The SMILES string of the molecule is C=C(C)C(=O)Oc1cccc2c1C(C(=O)O)c1ccccc1-2. The highest BCUT2D eigenvalue weighted by Gasteiger charge is 2.36. The fourth-order valence-corrected chi connectivity index (χ4v) is 2.76. The van der Waals surface area contributed by atoms with Crippen LogP contribution in [0.4, 0.5) is 0 Å². The Hall–Kier alpha value is -2.88. The summed E-state index contributed by atoms with van der Waals surface area (Å²) in [5.74, 6) is -2.09. The fraction of sp³-hybridized carbons (Fsp3) is 0.111. The summed E-state index contributed by atoms with van der Waals surface area (Å²) >= 11 is 0. The Balaban J connectivity index is 2.19. The van der Waals surface area contributed by atoms with Crippen molar-refractivity contribution in [2.75, 3.05) is 0 Å². The molecule has 0 saturated carbocycles. The number of rotatable bonds is 3. The van der Waals surface area contributed by atoms with E-state index in [-0.39, 0.29) is 11.3 Å². The minimum Gasteiger partial charge on any atom is -0.481 e. The summed E-state index contributed by atoms with van der Waals surface area (Å²) in [7, 11) is 0. The molecule has 2 aromatic rings. The Morgan fingerprint density at radius 2 is 1.77 bits per heavy atom. The van der Waals surface area contributed by atoms with Gasteiger partial charge >= 0.3 is 11.9 Å². The Labute approximate surface area is 127 Å². The molecule has 0 saturated heterocycles. The minimum atomic E-state index is -0.968. The van der Waals surface area contributed by atoms with Crippen molar-refractivity contribution < 1.29 is 19.4 Å². The van der Waals surface area contributed by atoms with Crippen molar-refractivity contribution in [3.8, 4) is 16.9 Å².